The van der Waals surface area contributed by atoms with Crippen LogP contribution < -0.4 is 0 Å². The summed E-state index contributed by atoms with van der Waals surface area (Å²) in [5.74, 6) is 0.853. The lowest BCUT2D eigenvalue weighted by Crippen LogP contribution is -2.30. The van der Waals surface area contributed by atoms with Crippen LogP contribution in [0.3, 0.4) is 0 Å². The number of carbonyl (C=O) groups is 3. The molecule has 0 aromatic rings. The van der Waals surface area contributed by atoms with Gasteiger partial charge in [0.25, 0.3) is 0 Å². The van der Waals surface area contributed by atoms with Gasteiger partial charge in [-0.2, -0.15) is 0 Å². The Morgan fingerprint density at radius 2 is 0.625 bits per heavy atom. The Bertz CT molecular complexity index is 858. The van der Waals surface area contributed by atoms with Gasteiger partial charge in [-0.25, -0.2) is 0 Å². The van der Waals surface area contributed by atoms with Crippen LogP contribution in [0.4, 0.5) is 0 Å². The molecule has 0 saturated carbocycles. The first kappa shape index (κ1) is 54.4. The highest BCUT2D eigenvalue weighted by atomic mass is 16.6. The predicted octanol–water partition coefficient (Wildman–Crippen LogP) is 15.8. The van der Waals surface area contributed by atoms with E-state index in [1.807, 2.05) is 0 Å². The molecule has 0 fully saturated rings. The Kier molecular flexibility index (Phi) is 41.8. The Labute approximate surface area is 348 Å². The van der Waals surface area contributed by atoms with Crippen LogP contribution in [-0.4, -0.2) is 37.2 Å². The van der Waals surface area contributed by atoms with Crippen LogP contribution in [0.15, 0.2) is 0 Å². The first-order valence-corrected chi connectivity index (χ1v) is 24.8. The Morgan fingerprint density at radius 3 is 0.929 bits per heavy atom. The quantitative estimate of drug-likeness (QED) is 0.0347. The van der Waals surface area contributed by atoms with Gasteiger partial charge in [-0.1, -0.05) is 234 Å². The van der Waals surface area contributed by atoms with E-state index in [1.54, 1.807) is 0 Å². The SMILES string of the molecule is CCCCCCCCCCCCC(=O)OC[C@@H](COC(=O)CCCCCCCCC(C)CC)OC(=O)CCCCCCCCCCCCCCCCC(C)CC. The van der Waals surface area contributed by atoms with E-state index in [1.165, 1.54) is 161 Å². The third-order valence-electron chi connectivity index (χ3n) is 11.9. The topological polar surface area (TPSA) is 78.9 Å². The summed E-state index contributed by atoms with van der Waals surface area (Å²) in [4.78, 5) is 37.8. The molecule has 0 bridgehead atoms. The molecule has 6 heteroatoms. The zero-order valence-electron chi connectivity index (χ0n) is 38.3. The van der Waals surface area contributed by atoms with Gasteiger partial charge >= 0.3 is 17.9 Å². The van der Waals surface area contributed by atoms with Crippen molar-refractivity contribution >= 4 is 17.9 Å². The van der Waals surface area contributed by atoms with Crippen molar-refractivity contribution in [2.75, 3.05) is 13.2 Å². The lowest BCUT2D eigenvalue weighted by Gasteiger charge is -2.18. The molecular formula is C50H96O6. The molecule has 332 valence electrons. The molecule has 0 aromatic heterocycles. The fraction of sp³-hybridized carbons (Fsp3) is 0.940. The van der Waals surface area contributed by atoms with E-state index in [4.69, 9.17) is 14.2 Å². The molecule has 0 heterocycles. The molecule has 0 radical (unpaired) electrons. The Morgan fingerprint density at radius 1 is 0.357 bits per heavy atom. The normalized spacial score (nSPS) is 13.0. The van der Waals surface area contributed by atoms with Crippen LogP contribution in [0.5, 0.6) is 0 Å². The maximum atomic E-state index is 12.8. The van der Waals surface area contributed by atoms with Crippen molar-refractivity contribution in [3.05, 3.63) is 0 Å². The summed E-state index contributed by atoms with van der Waals surface area (Å²) in [6, 6.07) is 0. The second-order valence-corrected chi connectivity index (χ2v) is 17.6. The Hall–Kier alpha value is -1.59. The number of rotatable bonds is 44. The van der Waals surface area contributed by atoms with Crippen molar-refractivity contribution in [1.29, 1.82) is 0 Å². The summed E-state index contributed by atoms with van der Waals surface area (Å²) in [6.45, 7) is 11.4. The summed E-state index contributed by atoms with van der Waals surface area (Å²) in [5, 5.41) is 0. The van der Waals surface area contributed by atoms with Gasteiger partial charge in [0.1, 0.15) is 13.2 Å². The van der Waals surface area contributed by atoms with Gasteiger partial charge in [0, 0.05) is 19.3 Å². The number of hydrogen-bond acceptors (Lipinski definition) is 6. The predicted molar refractivity (Wildman–Crippen MR) is 238 cm³/mol. The first-order valence-electron chi connectivity index (χ1n) is 24.8. The lowest BCUT2D eigenvalue weighted by molar-refractivity contribution is -0.167. The summed E-state index contributed by atoms with van der Waals surface area (Å²) >= 11 is 0. The zero-order chi connectivity index (χ0) is 41.2. The van der Waals surface area contributed by atoms with Crippen molar-refractivity contribution < 1.29 is 28.6 Å². The summed E-state index contributed by atoms with van der Waals surface area (Å²) in [5.41, 5.74) is 0. The first-order chi connectivity index (χ1) is 27.3. The molecule has 6 nitrogen and oxygen atoms in total. The summed E-state index contributed by atoms with van der Waals surface area (Å²) in [6.07, 6.45) is 42.3. The molecule has 56 heavy (non-hydrogen) atoms. The fourth-order valence-electron chi connectivity index (χ4n) is 7.39. The van der Waals surface area contributed by atoms with Crippen LogP contribution in [0.25, 0.3) is 0 Å². The van der Waals surface area contributed by atoms with Gasteiger partial charge < -0.3 is 14.2 Å². The fourth-order valence-corrected chi connectivity index (χ4v) is 7.39. The average molecular weight is 793 g/mol. The van der Waals surface area contributed by atoms with Gasteiger partial charge in [-0.3, -0.25) is 14.4 Å². The maximum absolute atomic E-state index is 12.8. The summed E-state index contributed by atoms with van der Waals surface area (Å²) < 4.78 is 16.7. The second kappa shape index (κ2) is 43.0. The van der Waals surface area contributed by atoms with E-state index in [9.17, 15) is 14.4 Å². The van der Waals surface area contributed by atoms with Gasteiger partial charge in [0.2, 0.25) is 0 Å². The van der Waals surface area contributed by atoms with Gasteiger partial charge in [-0.15, -0.1) is 0 Å². The Balaban J connectivity index is 4.27. The van der Waals surface area contributed by atoms with Crippen molar-refractivity contribution in [3.63, 3.8) is 0 Å². The largest absolute Gasteiger partial charge is 0.462 e. The van der Waals surface area contributed by atoms with E-state index in [0.717, 1.165) is 69.6 Å². The van der Waals surface area contributed by atoms with E-state index in [-0.39, 0.29) is 31.1 Å². The average Bonchev–Trinajstić information content (AvgIpc) is 3.19. The molecule has 0 saturated heterocycles. The van der Waals surface area contributed by atoms with Gasteiger partial charge in [-0.05, 0) is 31.1 Å². The molecule has 0 aliphatic heterocycles. The van der Waals surface area contributed by atoms with Crippen LogP contribution in [-0.2, 0) is 28.6 Å². The molecule has 0 aliphatic carbocycles. The number of hydrogen-bond donors (Lipinski definition) is 0. The highest BCUT2D eigenvalue weighted by Gasteiger charge is 2.19. The molecule has 0 aromatic carbocycles. The van der Waals surface area contributed by atoms with Gasteiger partial charge in [0.05, 0.1) is 0 Å². The minimum Gasteiger partial charge on any atom is -0.462 e. The standard InChI is InChI=1S/C50H96O6/c1-6-9-10-11-12-13-21-24-30-35-40-48(51)54-43-47(44-55-49(52)41-36-31-27-26-29-34-39-46(5)8-3)56-50(53)42-37-32-25-22-19-17-15-14-16-18-20-23-28-33-38-45(4)7-2/h45-47H,6-44H2,1-5H3/t45?,46?,47-/m0/s1. The van der Waals surface area contributed by atoms with Crippen molar-refractivity contribution in [3.8, 4) is 0 Å². The van der Waals surface area contributed by atoms with Crippen LogP contribution in [0.2, 0.25) is 0 Å². The molecule has 0 N–H and O–H groups in total. The van der Waals surface area contributed by atoms with E-state index in [0.29, 0.717) is 19.3 Å². The van der Waals surface area contributed by atoms with Crippen molar-refractivity contribution in [1.82, 2.24) is 0 Å². The van der Waals surface area contributed by atoms with Crippen LogP contribution in [0.1, 0.15) is 272 Å². The molecule has 0 spiro atoms. The molecular weight excluding hydrogens is 697 g/mol. The molecule has 2 unspecified atom stereocenters. The monoisotopic (exact) mass is 793 g/mol. The number of ether oxygens (including phenoxy) is 3. The van der Waals surface area contributed by atoms with Crippen LogP contribution >= 0.6 is 0 Å². The summed E-state index contributed by atoms with van der Waals surface area (Å²) in [7, 11) is 0. The maximum Gasteiger partial charge on any atom is 0.306 e. The molecule has 0 rings (SSSR count). The van der Waals surface area contributed by atoms with Crippen LogP contribution in [0, 0.1) is 11.8 Å². The minimum atomic E-state index is -0.761. The highest BCUT2D eigenvalue weighted by molar-refractivity contribution is 5.71. The van der Waals surface area contributed by atoms with E-state index >= 15 is 0 Å². The molecule has 0 aliphatic rings. The molecule has 3 atom stereocenters. The van der Waals surface area contributed by atoms with Crippen molar-refractivity contribution in [2.24, 2.45) is 11.8 Å². The third kappa shape index (κ3) is 40.6. The van der Waals surface area contributed by atoms with E-state index < -0.39 is 6.10 Å². The zero-order valence-corrected chi connectivity index (χ0v) is 38.3. The van der Waals surface area contributed by atoms with Crippen molar-refractivity contribution in [2.45, 2.75) is 278 Å². The van der Waals surface area contributed by atoms with Gasteiger partial charge in [0.15, 0.2) is 6.10 Å². The highest BCUT2D eigenvalue weighted by Crippen LogP contribution is 2.18. The third-order valence-corrected chi connectivity index (χ3v) is 11.9. The smallest absolute Gasteiger partial charge is 0.306 e. The number of unbranched alkanes of at least 4 members (excludes halogenated alkanes) is 27. The number of esters is 3. The second-order valence-electron chi connectivity index (χ2n) is 17.6. The minimum absolute atomic E-state index is 0.0648. The number of carbonyl (C=O) groups excluding carboxylic acids is 3. The van der Waals surface area contributed by atoms with E-state index in [2.05, 4.69) is 34.6 Å². The molecule has 0 amide bonds. The lowest BCUT2D eigenvalue weighted by atomic mass is 9.99.